The van der Waals surface area contributed by atoms with Gasteiger partial charge in [0.25, 0.3) is 0 Å². The van der Waals surface area contributed by atoms with Crippen LogP contribution in [0.3, 0.4) is 0 Å². The Balaban J connectivity index is 1.95. The van der Waals surface area contributed by atoms with Gasteiger partial charge in [-0.05, 0) is 78.0 Å². The first-order valence-electron chi connectivity index (χ1n) is 13.3. The number of nitriles is 1. The molecule has 196 valence electrons. The molecule has 1 saturated carbocycles. The van der Waals surface area contributed by atoms with Gasteiger partial charge in [0, 0.05) is 5.56 Å². The summed E-state index contributed by atoms with van der Waals surface area (Å²) in [7, 11) is 0. The van der Waals surface area contributed by atoms with Crippen LogP contribution in [-0.4, -0.2) is 22.2 Å². The molecule has 1 aliphatic rings. The molecule has 5 nitrogen and oxygen atoms in total. The van der Waals surface area contributed by atoms with Crippen LogP contribution >= 0.6 is 0 Å². The van der Waals surface area contributed by atoms with Gasteiger partial charge >= 0.3 is 11.9 Å². The van der Waals surface area contributed by atoms with E-state index in [1.54, 1.807) is 30.3 Å². The molecule has 38 heavy (non-hydrogen) atoms. The van der Waals surface area contributed by atoms with Gasteiger partial charge in [-0.3, -0.25) is 0 Å². The van der Waals surface area contributed by atoms with Crippen LogP contribution < -0.4 is 0 Å². The highest BCUT2D eigenvalue weighted by Gasteiger charge is 2.32. The van der Waals surface area contributed by atoms with Crippen LogP contribution in [0.1, 0.15) is 96.1 Å². The maximum Gasteiger partial charge on any atom is 0.337 e. The number of unbranched alkanes of at least 4 members (excludes halogenated alkanes) is 2. The van der Waals surface area contributed by atoms with E-state index < -0.39 is 17.8 Å². The molecule has 3 aromatic carbocycles. The third-order valence-corrected chi connectivity index (χ3v) is 7.75. The average molecular weight is 514 g/mol. The van der Waals surface area contributed by atoms with Crippen molar-refractivity contribution in [2.24, 2.45) is 5.92 Å². The van der Waals surface area contributed by atoms with Crippen molar-refractivity contribution in [2.75, 3.05) is 0 Å². The van der Waals surface area contributed by atoms with Crippen LogP contribution in [-0.2, 0) is 0 Å². The number of benzene rings is 3. The highest BCUT2D eigenvalue weighted by molar-refractivity contribution is 6.09. The van der Waals surface area contributed by atoms with Gasteiger partial charge in [-0.1, -0.05) is 69.0 Å². The lowest BCUT2D eigenvalue weighted by Gasteiger charge is -2.32. The lowest BCUT2D eigenvalue weighted by molar-refractivity contribution is 0.0652. The van der Waals surface area contributed by atoms with Crippen LogP contribution in [0.15, 0.2) is 54.6 Å². The number of carboxylic acids is 2. The molecule has 0 aromatic heterocycles. The van der Waals surface area contributed by atoms with Crippen LogP contribution in [0.2, 0.25) is 0 Å². The molecule has 1 fully saturated rings. The predicted octanol–water partition coefficient (Wildman–Crippen LogP) is 8.28. The molecule has 0 spiro atoms. The molecule has 0 unspecified atom stereocenters. The number of hydrogen-bond donors (Lipinski definition) is 2. The van der Waals surface area contributed by atoms with Gasteiger partial charge in [0.15, 0.2) is 0 Å². The first-order valence-corrected chi connectivity index (χ1v) is 13.3. The summed E-state index contributed by atoms with van der Waals surface area (Å²) in [5, 5.41) is 29.5. The number of rotatable bonds is 9. The van der Waals surface area contributed by atoms with Crippen LogP contribution in [0.5, 0.6) is 0 Å². The third kappa shape index (κ3) is 5.62. The van der Waals surface area contributed by atoms with Crippen molar-refractivity contribution < 1.29 is 24.2 Å². The van der Waals surface area contributed by atoms with Crippen molar-refractivity contribution in [3.8, 4) is 28.3 Å². The van der Waals surface area contributed by atoms with Gasteiger partial charge in [-0.2, -0.15) is 5.26 Å². The minimum atomic E-state index is -1.36. The molecule has 6 heteroatoms. The molecule has 2 N–H and O–H groups in total. The highest BCUT2D eigenvalue weighted by atomic mass is 19.1. The number of carboxylic acid groups (broad SMARTS) is 2. The number of nitrogens with zero attached hydrogens (tertiary/aromatic N) is 1. The summed E-state index contributed by atoms with van der Waals surface area (Å²) in [5.41, 5.74) is 1.98. The fraction of sp³-hybridized carbons (Fsp3) is 0.344. The van der Waals surface area contributed by atoms with E-state index in [1.165, 1.54) is 43.9 Å². The second-order valence-electron chi connectivity index (χ2n) is 10.1. The number of hydrogen-bond acceptors (Lipinski definition) is 3. The zero-order valence-corrected chi connectivity index (χ0v) is 21.5. The maximum absolute atomic E-state index is 14.8. The lowest BCUT2D eigenvalue weighted by Crippen LogP contribution is -2.18. The Hall–Kier alpha value is -3.98. The largest absolute Gasteiger partial charge is 0.478 e. The highest BCUT2D eigenvalue weighted by Crippen LogP contribution is 2.47. The van der Waals surface area contributed by atoms with E-state index in [-0.39, 0.29) is 22.6 Å². The number of carbonyl (C=O) groups is 2. The first kappa shape index (κ1) is 27.1. The lowest BCUT2D eigenvalue weighted by atomic mass is 9.72. The van der Waals surface area contributed by atoms with Gasteiger partial charge in [0.05, 0.1) is 16.7 Å². The van der Waals surface area contributed by atoms with E-state index in [9.17, 15) is 29.5 Å². The Morgan fingerprint density at radius 2 is 1.66 bits per heavy atom. The molecule has 4 rings (SSSR count). The van der Waals surface area contributed by atoms with E-state index in [4.69, 9.17) is 0 Å². The summed E-state index contributed by atoms with van der Waals surface area (Å²) < 4.78 is 14.8. The molecule has 0 amide bonds. The maximum atomic E-state index is 14.8. The molecule has 0 aliphatic heterocycles. The van der Waals surface area contributed by atoms with Gasteiger partial charge in [-0.25, -0.2) is 14.0 Å². The minimum absolute atomic E-state index is 0.0118. The zero-order valence-electron chi connectivity index (χ0n) is 21.5. The molecule has 0 heterocycles. The Bertz CT molecular complexity index is 1370. The molecule has 0 radical (unpaired) electrons. The third-order valence-electron chi connectivity index (χ3n) is 7.75. The average Bonchev–Trinajstić information content (AvgIpc) is 2.92. The number of aromatic carboxylic acids is 2. The van der Waals surface area contributed by atoms with Gasteiger partial charge < -0.3 is 10.2 Å². The summed E-state index contributed by atoms with van der Waals surface area (Å²) in [6.07, 6.45) is 8.46. The smallest absolute Gasteiger partial charge is 0.337 e. The van der Waals surface area contributed by atoms with Crippen molar-refractivity contribution in [3.05, 3.63) is 82.7 Å². The molecular weight excluding hydrogens is 481 g/mol. The van der Waals surface area contributed by atoms with E-state index in [0.29, 0.717) is 28.2 Å². The Labute approximate surface area is 222 Å². The summed E-state index contributed by atoms with van der Waals surface area (Å²) in [5.74, 6) is -2.77. The SMILES string of the molecule is CCCCCC1CCC(c2c(-c3ccc(C#N)c(F)c3)cc(C(=O)O)c(C(=O)O)c2-c2ccccc2)CC1. The molecule has 3 aromatic rings. The van der Waals surface area contributed by atoms with Crippen LogP contribution in [0, 0.1) is 23.1 Å². The standard InChI is InChI=1S/C32H32FNO4/c1-2-3-5-8-20-11-13-22(14-12-20)28-25(23-15-16-24(19-34)27(33)17-23)18-26(31(35)36)30(32(37)38)29(28)21-9-6-4-7-10-21/h4,6-7,9-10,15-18,20,22H,2-3,5,8,11-14H2,1H3,(H,35,36)(H,37,38). The summed E-state index contributed by atoms with van der Waals surface area (Å²) in [4.78, 5) is 24.9. The topological polar surface area (TPSA) is 98.4 Å². The minimum Gasteiger partial charge on any atom is -0.478 e. The monoisotopic (exact) mass is 513 g/mol. The molecule has 0 atom stereocenters. The second-order valence-corrected chi connectivity index (χ2v) is 10.1. The fourth-order valence-corrected chi connectivity index (χ4v) is 5.85. The predicted molar refractivity (Wildman–Crippen MR) is 145 cm³/mol. The van der Waals surface area contributed by atoms with Crippen molar-refractivity contribution in [1.82, 2.24) is 0 Å². The fourth-order valence-electron chi connectivity index (χ4n) is 5.85. The Morgan fingerprint density at radius 1 is 0.947 bits per heavy atom. The summed E-state index contributed by atoms with van der Waals surface area (Å²) >= 11 is 0. The normalized spacial score (nSPS) is 17.1. The van der Waals surface area contributed by atoms with Crippen molar-refractivity contribution in [1.29, 1.82) is 5.26 Å². The zero-order chi connectivity index (χ0) is 27.2. The van der Waals surface area contributed by atoms with E-state index >= 15 is 0 Å². The van der Waals surface area contributed by atoms with E-state index in [0.717, 1.165) is 31.2 Å². The summed E-state index contributed by atoms with van der Waals surface area (Å²) in [6.45, 7) is 2.19. The molecule has 1 aliphatic carbocycles. The van der Waals surface area contributed by atoms with Gasteiger partial charge in [0.1, 0.15) is 11.9 Å². The Morgan fingerprint density at radius 3 is 2.24 bits per heavy atom. The van der Waals surface area contributed by atoms with Crippen molar-refractivity contribution in [2.45, 2.75) is 64.2 Å². The molecular formula is C32H32FNO4. The number of halogens is 1. The molecule has 0 saturated heterocycles. The Kier molecular flexibility index (Phi) is 8.58. The second kappa shape index (κ2) is 12.0. The molecule has 0 bridgehead atoms. The van der Waals surface area contributed by atoms with Gasteiger partial charge in [0.2, 0.25) is 0 Å². The van der Waals surface area contributed by atoms with Crippen molar-refractivity contribution in [3.63, 3.8) is 0 Å². The van der Waals surface area contributed by atoms with Crippen molar-refractivity contribution >= 4 is 11.9 Å². The van der Waals surface area contributed by atoms with Gasteiger partial charge in [-0.15, -0.1) is 0 Å². The van der Waals surface area contributed by atoms with Crippen LogP contribution in [0.4, 0.5) is 4.39 Å². The first-order chi connectivity index (χ1) is 18.3. The van der Waals surface area contributed by atoms with E-state index in [1.807, 2.05) is 12.1 Å². The summed E-state index contributed by atoms with van der Waals surface area (Å²) in [6, 6.07) is 16.4. The quantitative estimate of drug-likeness (QED) is 0.281. The van der Waals surface area contributed by atoms with E-state index in [2.05, 4.69) is 6.92 Å². The van der Waals surface area contributed by atoms with Crippen LogP contribution in [0.25, 0.3) is 22.3 Å².